The van der Waals surface area contributed by atoms with Crippen molar-refractivity contribution in [3.63, 3.8) is 0 Å². The molecule has 0 aromatic rings. The summed E-state index contributed by atoms with van der Waals surface area (Å²) in [7, 11) is 0. The molecule has 3 aliphatic rings. The molecule has 0 aromatic carbocycles. The predicted molar refractivity (Wildman–Crippen MR) is 63.8 cm³/mol. The van der Waals surface area contributed by atoms with Gasteiger partial charge in [-0.25, -0.2) is 0 Å². The van der Waals surface area contributed by atoms with Crippen LogP contribution in [0.1, 0.15) is 38.5 Å². The summed E-state index contributed by atoms with van der Waals surface area (Å²) in [6.45, 7) is 3.84. The summed E-state index contributed by atoms with van der Waals surface area (Å²) in [4.78, 5) is 0. The molecule has 0 atom stereocenters. The minimum atomic E-state index is 0.513. The van der Waals surface area contributed by atoms with Crippen LogP contribution < -0.4 is 16.4 Å². The highest BCUT2D eigenvalue weighted by Gasteiger charge is 2.39. The fourth-order valence-electron chi connectivity index (χ4n) is 3.16. The van der Waals surface area contributed by atoms with Crippen LogP contribution in [-0.4, -0.2) is 31.7 Å². The van der Waals surface area contributed by atoms with Crippen LogP contribution in [0.4, 0.5) is 0 Å². The Bertz CT molecular complexity index is 172. The van der Waals surface area contributed by atoms with E-state index in [4.69, 9.17) is 5.73 Å². The lowest BCUT2D eigenvalue weighted by molar-refractivity contribution is 0.106. The summed E-state index contributed by atoms with van der Waals surface area (Å²) in [6.07, 6.45) is 8.62. The van der Waals surface area contributed by atoms with E-state index in [1.165, 1.54) is 38.5 Å². The van der Waals surface area contributed by atoms with E-state index >= 15 is 0 Å². The average molecular weight is 211 g/mol. The fourth-order valence-corrected chi connectivity index (χ4v) is 3.16. The van der Waals surface area contributed by atoms with Crippen LogP contribution in [0.25, 0.3) is 0 Å². The van der Waals surface area contributed by atoms with E-state index in [1.807, 2.05) is 0 Å². The van der Waals surface area contributed by atoms with Gasteiger partial charge in [0.15, 0.2) is 0 Å². The van der Waals surface area contributed by atoms with Gasteiger partial charge in [-0.05, 0) is 44.4 Å². The van der Waals surface area contributed by atoms with Crippen LogP contribution in [0.3, 0.4) is 0 Å². The number of hydrogen-bond acceptors (Lipinski definition) is 3. The van der Waals surface area contributed by atoms with E-state index in [2.05, 4.69) is 10.6 Å². The zero-order chi connectivity index (χ0) is 10.6. The average Bonchev–Trinajstić information content (AvgIpc) is 2.31. The summed E-state index contributed by atoms with van der Waals surface area (Å²) in [5.41, 5.74) is 5.94. The molecule has 0 spiro atoms. The Morgan fingerprint density at radius 3 is 2.27 bits per heavy atom. The zero-order valence-electron chi connectivity index (χ0n) is 9.73. The first-order valence-corrected chi connectivity index (χ1v) is 6.50. The standard InChI is InChI=1S/C12H25N3/c13-7-8-14-9-10-15-12-4-1-11(2-5-12)3-6-12/h11,14-15H,1-10,13H2. The maximum Gasteiger partial charge on any atom is 0.0182 e. The molecule has 0 unspecified atom stereocenters. The second-order valence-electron chi connectivity index (χ2n) is 5.23. The molecule has 3 fully saturated rings. The topological polar surface area (TPSA) is 50.1 Å². The highest BCUT2D eigenvalue weighted by atomic mass is 15.0. The Balaban J connectivity index is 1.64. The molecule has 88 valence electrons. The van der Waals surface area contributed by atoms with Gasteiger partial charge in [0.05, 0.1) is 0 Å². The largest absolute Gasteiger partial charge is 0.329 e. The molecule has 3 rings (SSSR count). The van der Waals surface area contributed by atoms with Gasteiger partial charge in [-0.1, -0.05) is 0 Å². The molecule has 0 amide bonds. The molecule has 0 radical (unpaired) electrons. The van der Waals surface area contributed by atoms with Gasteiger partial charge in [0, 0.05) is 31.7 Å². The van der Waals surface area contributed by atoms with E-state index in [-0.39, 0.29) is 0 Å². The summed E-state index contributed by atoms with van der Waals surface area (Å²) >= 11 is 0. The van der Waals surface area contributed by atoms with E-state index in [0.717, 1.165) is 32.1 Å². The lowest BCUT2D eigenvalue weighted by atomic mass is 9.66. The molecule has 3 saturated carbocycles. The van der Waals surface area contributed by atoms with Crippen molar-refractivity contribution in [1.29, 1.82) is 0 Å². The normalized spacial score (nSPS) is 34.6. The van der Waals surface area contributed by atoms with Crippen molar-refractivity contribution < 1.29 is 0 Å². The lowest BCUT2D eigenvalue weighted by Gasteiger charge is -2.47. The number of hydrogen-bond donors (Lipinski definition) is 3. The minimum absolute atomic E-state index is 0.513. The van der Waals surface area contributed by atoms with Crippen molar-refractivity contribution >= 4 is 0 Å². The van der Waals surface area contributed by atoms with Gasteiger partial charge in [0.2, 0.25) is 0 Å². The van der Waals surface area contributed by atoms with Gasteiger partial charge < -0.3 is 16.4 Å². The number of rotatable bonds is 6. The highest BCUT2D eigenvalue weighted by molar-refractivity contribution is 4.97. The first-order chi connectivity index (χ1) is 7.35. The molecule has 2 bridgehead atoms. The van der Waals surface area contributed by atoms with Crippen molar-refractivity contribution in [2.75, 3.05) is 26.2 Å². The minimum Gasteiger partial charge on any atom is -0.329 e. The molecule has 4 N–H and O–H groups in total. The van der Waals surface area contributed by atoms with Crippen LogP contribution in [0, 0.1) is 5.92 Å². The van der Waals surface area contributed by atoms with Crippen molar-refractivity contribution in [3.8, 4) is 0 Å². The van der Waals surface area contributed by atoms with Crippen molar-refractivity contribution in [2.24, 2.45) is 11.7 Å². The predicted octanol–water partition coefficient (Wildman–Crippen LogP) is 0.847. The Kier molecular flexibility index (Phi) is 4.00. The third-order valence-corrected chi connectivity index (χ3v) is 4.22. The van der Waals surface area contributed by atoms with Crippen molar-refractivity contribution in [3.05, 3.63) is 0 Å². The first kappa shape index (κ1) is 11.4. The SMILES string of the molecule is NCCNCCNC12CCC(CC1)CC2. The third kappa shape index (κ3) is 2.92. The fraction of sp³-hybridized carbons (Fsp3) is 1.00. The second kappa shape index (κ2) is 5.28. The number of fused-ring (bicyclic) bond motifs is 3. The maximum absolute atomic E-state index is 5.43. The van der Waals surface area contributed by atoms with E-state index < -0.39 is 0 Å². The summed E-state index contributed by atoms with van der Waals surface area (Å²) < 4.78 is 0. The molecular formula is C12H25N3. The van der Waals surface area contributed by atoms with Gasteiger partial charge in [-0.2, -0.15) is 0 Å². The van der Waals surface area contributed by atoms with E-state index in [1.54, 1.807) is 0 Å². The molecule has 3 aliphatic carbocycles. The van der Waals surface area contributed by atoms with Gasteiger partial charge >= 0.3 is 0 Å². The zero-order valence-corrected chi connectivity index (χ0v) is 9.73. The molecule has 15 heavy (non-hydrogen) atoms. The van der Waals surface area contributed by atoms with E-state index in [0.29, 0.717) is 5.54 Å². The van der Waals surface area contributed by atoms with Crippen LogP contribution in [0.5, 0.6) is 0 Å². The van der Waals surface area contributed by atoms with Gasteiger partial charge in [0.25, 0.3) is 0 Å². The molecule has 0 saturated heterocycles. The van der Waals surface area contributed by atoms with Gasteiger partial charge in [-0.15, -0.1) is 0 Å². The summed E-state index contributed by atoms with van der Waals surface area (Å²) in [5.74, 6) is 1.06. The van der Waals surface area contributed by atoms with Crippen molar-refractivity contribution in [1.82, 2.24) is 10.6 Å². The third-order valence-electron chi connectivity index (χ3n) is 4.22. The Morgan fingerprint density at radius 2 is 1.67 bits per heavy atom. The lowest BCUT2D eigenvalue weighted by Crippen LogP contribution is -2.53. The van der Waals surface area contributed by atoms with Crippen LogP contribution in [0.2, 0.25) is 0 Å². The second-order valence-corrected chi connectivity index (χ2v) is 5.23. The van der Waals surface area contributed by atoms with Crippen LogP contribution in [0.15, 0.2) is 0 Å². The van der Waals surface area contributed by atoms with Crippen LogP contribution >= 0.6 is 0 Å². The van der Waals surface area contributed by atoms with Crippen molar-refractivity contribution in [2.45, 2.75) is 44.1 Å². The maximum atomic E-state index is 5.43. The summed E-state index contributed by atoms with van der Waals surface area (Å²) in [5, 5.41) is 7.12. The molecule has 0 heterocycles. The molecule has 3 heteroatoms. The Hall–Kier alpha value is -0.120. The highest BCUT2D eigenvalue weighted by Crippen LogP contribution is 2.43. The van der Waals surface area contributed by atoms with E-state index in [9.17, 15) is 0 Å². The molecule has 0 aliphatic heterocycles. The first-order valence-electron chi connectivity index (χ1n) is 6.50. The number of nitrogens with two attached hydrogens (primary N) is 1. The van der Waals surface area contributed by atoms with Gasteiger partial charge in [-0.3, -0.25) is 0 Å². The monoisotopic (exact) mass is 211 g/mol. The molecule has 3 nitrogen and oxygen atoms in total. The van der Waals surface area contributed by atoms with Gasteiger partial charge in [0.1, 0.15) is 0 Å². The quantitative estimate of drug-likeness (QED) is 0.571. The smallest absolute Gasteiger partial charge is 0.0182 e. The van der Waals surface area contributed by atoms with Crippen LogP contribution in [-0.2, 0) is 0 Å². The Morgan fingerprint density at radius 1 is 1.00 bits per heavy atom. The summed E-state index contributed by atoms with van der Waals surface area (Å²) in [6, 6.07) is 0. The molecular weight excluding hydrogens is 186 g/mol. The Labute approximate surface area is 93.2 Å². The molecule has 0 aromatic heterocycles. The number of nitrogens with one attached hydrogen (secondary N) is 2.